The largest absolute Gasteiger partial charge is 0.309 e. The molecule has 0 aliphatic heterocycles. The Morgan fingerprint density at radius 1 is 0.778 bits per heavy atom. The lowest BCUT2D eigenvalue weighted by Gasteiger charge is -2.02. The molecule has 0 atom stereocenters. The van der Waals surface area contributed by atoms with E-state index in [2.05, 4.69) is 45.7 Å². The van der Waals surface area contributed by atoms with Gasteiger partial charge < -0.3 is 9.13 Å². The summed E-state index contributed by atoms with van der Waals surface area (Å²) in [5, 5.41) is 17.3. The summed E-state index contributed by atoms with van der Waals surface area (Å²) >= 11 is 8.39. The molecule has 2 aromatic heterocycles. The molecular weight excluding hydrogens is 268 g/mol. The highest BCUT2D eigenvalue weighted by Crippen LogP contribution is 2.10. The van der Waals surface area contributed by atoms with Gasteiger partial charge >= 0.3 is 0 Å². The Kier molecular flexibility index (Phi) is 4.28. The molecule has 2 rings (SSSR count). The number of nitrogens with zero attached hydrogens (tertiary/aromatic N) is 6. The molecule has 0 saturated heterocycles. The average Bonchev–Trinajstić information content (AvgIpc) is 2.83. The molecule has 0 fully saturated rings. The number of aryl methyl sites for hydroxylation is 2. The van der Waals surface area contributed by atoms with Gasteiger partial charge in [0.15, 0.2) is 10.3 Å². The minimum Gasteiger partial charge on any atom is -0.309 e. The Labute approximate surface area is 117 Å². The summed E-state index contributed by atoms with van der Waals surface area (Å²) < 4.78 is 3.80. The predicted octanol–water partition coefficient (Wildman–Crippen LogP) is 1.09. The molecule has 0 aromatic carbocycles. The molecule has 0 N–H and O–H groups in total. The van der Waals surface area contributed by atoms with Crippen molar-refractivity contribution in [2.45, 2.75) is 36.0 Å². The highest BCUT2D eigenvalue weighted by molar-refractivity contribution is 7.80. The first-order valence-corrected chi connectivity index (χ1v) is 6.63. The van der Waals surface area contributed by atoms with Crippen LogP contribution in [-0.4, -0.2) is 29.5 Å². The molecule has 6 nitrogen and oxygen atoms in total. The second-order valence-corrected chi connectivity index (χ2v) is 4.96. The summed E-state index contributed by atoms with van der Waals surface area (Å²) in [6.45, 7) is 0. The van der Waals surface area contributed by atoms with Crippen LogP contribution in [0.25, 0.3) is 0 Å². The third-order valence-electron chi connectivity index (χ3n) is 2.93. The van der Waals surface area contributed by atoms with Crippen molar-refractivity contribution in [2.75, 3.05) is 0 Å². The van der Waals surface area contributed by atoms with Gasteiger partial charge in [-0.3, -0.25) is 0 Å². The minimum atomic E-state index is 0.651. The average molecular weight is 284 g/mol. The molecule has 0 spiro atoms. The van der Waals surface area contributed by atoms with E-state index in [9.17, 15) is 0 Å². The molecule has 0 saturated carbocycles. The molecule has 0 unspecified atom stereocenters. The first-order chi connectivity index (χ1) is 8.59. The van der Waals surface area contributed by atoms with Gasteiger partial charge in [0.1, 0.15) is 11.6 Å². The Balaban J connectivity index is 1.80. The lowest BCUT2D eigenvalue weighted by molar-refractivity contribution is 0.636. The maximum atomic E-state index is 4.20. The Bertz CT molecular complexity index is 484. The van der Waals surface area contributed by atoms with Gasteiger partial charge in [-0.05, 0) is 12.8 Å². The van der Waals surface area contributed by atoms with Crippen molar-refractivity contribution in [1.29, 1.82) is 0 Å². The molecule has 0 radical (unpaired) electrons. The van der Waals surface area contributed by atoms with Crippen LogP contribution in [-0.2, 0) is 26.9 Å². The highest BCUT2D eigenvalue weighted by Gasteiger charge is 2.07. The number of aromatic nitrogens is 6. The van der Waals surface area contributed by atoms with E-state index in [1.807, 2.05) is 23.2 Å². The van der Waals surface area contributed by atoms with E-state index in [-0.39, 0.29) is 0 Å². The van der Waals surface area contributed by atoms with Gasteiger partial charge in [0.05, 0.1) is 0 Å². The summed E-state index contributed by atoms with van der Waals surface area (Å²) in [5.41, 5.74) is 0. The Morgan fingerprint density at radius 3 is 1.44 bits per heavy atom. The predicted molar refractivity (Wildman–Crippen MR) is 73.2 cm³/mol. The maximum Gasteiger partial charge on any atom is 0.187 e. The summed E-state index contributed by atoms with van der Waals surface area (Å²) in [7, 11) is 3.85. The van der Waals surface area contributed by atoms with E-state index in [0.717, 1.165) is 37.3 Å². The zero-order valence-corrected chi connectivity index (χ0v) is 12.2. The van der Waals surface area contributed by atoms with Crippen LogP contribution >= 0.6 is 25.3 Å². The number of rotatable bonds is 5. The monoisotopic (exact) mass is 284 g/mol. The number of hydrogen-bond donors (Lipinski definition) is 2. The fraction of sp³-hybridized carbons (Fsp3) is 0.600. The fourth-order valence-corrected chi connectivity index (χ4v) is 2.03. The SMILES string of the molecule is Cn1c(S)nnc1CCCCc1nnc(S)n1C. The number of thiol groups is 2. The van der Waals surface area contributed by atoms with Crippen molar-refractivity contribution < 1.29 is 0 Å². The van der Waals surface area contributed by atoms with Crippen molar-refractivity contribution in [3.05, 3.63) is 11.6 Å². The lowest BCUT2D eigenvalue weighted by atomic mass is 10.2. The van der Waals surface area contributed by atoms with Crippen LogP contribution in [0.4, 0.5) is 0 Å². The molecule has 0 aliphatic rings. The molecule has 2 aromatic rings. The fourth-order valence-electron chi connectivity index (χ4n) is 1.71. The van der Waals surface area contributed by atoms with Gasteiger partial charge in [-0.1, -0.05) is 0 Å². The van der Waals surface area contributed by atoms with Gasteiger partial charge in [0, 0.05) is 26.9 Å². The highest BCUT2D eigenvalue weighted by atomic mass is 32.1. The van der Waals surface area contributed by atoms with Crippen LogP contribution in [0.1, 0.15) is 24.5 Å². The van der Waals surface area contributed by atoms with Crippen LogP contribution in [0.2, 0.25) is 0 Å². The molecule has 0 aliphatic carbocycles. The van der Waals surface area contributed by atoms with Crippen molar-refractivity contribution in [3.8, 4) is 0 Å². The number of hydrogen-bond acceptors (Lipinski definition) is 6. The zero-order chi connectivity index (χ0) is 13.1. The van der Waals surface area contributed by atoms with Crippen LogP contribution in [0.3, 0.4) is 0 Å². The van der Waals surface area contributed by atoms with Crippen LogP contribution < -0.4 is 0 Å². The zero-order valence-electron chi connectivity index (χ0n) is 10.4. The number of unbranched alkanes of at least 4 members (excludes halogenated alkanes) is 1. The van der Waals surface area contributed by atoms with E-state index >= 15 is 0 Å². The van der Waals surface area contributed by atoms with Crippen molar-refractivity contribution >= 4 is 25.3 Å². The Morgan fingerprint density at radius 2 is 1.17 bits per heavy atom. The minimum absolute atomic E-state index is 0.651. The smallest absolute Gasteiger partial charge is 0.187 e. The quantitative estimate of drug-likeness (QED) is 0.637. The van der Waals surface area contributed by atoms with E-state index in [0.29, 0.717) is 10.3 Å². The second kappa shape index (κ2) is 5.75. The van der Waals surface area contributed by atoms with Gasteiger partial charge in [0.2, 0.25) is 0 Å². The first kappa shape index (κ1) is 13.4. The lowest BCUT2D eigenvalue weighted by Crippen LogP contribution is -2.01. The second-order valence-electron chi connectivity index (χ2n) is 4.16. The molecular formula is C10H16N6S2. The van der Waals surface area contributed by atoms with Gasteiger partial charge in [-0.25, -0.2) is 0 Å². The summed E-state index contributed by atoms with van der Waals surface area (Å²) in [5.74, 6) is 1.93. The van der Waals surface area contributed by atoms with Crippen molar-refractivity contribution in [3.63, 3.8) is 0 Å². The molecule has 8 heteroatoms. The van der Waals surface area contributed by atoms with Gasteiger partial charge in [-0.15, -0.1) is 45.7 Å². The summed E-state index contributed by atoms with van der Waals surface area (Å²) in [6.07, 6.45) is 3.87. The molecule has 0 bridgehead atoms. The van der Waals surface area contributed by atoms with Gasteiger partial charge in [-0.2, -0.15) is 0 Å². The molecule has 2 heterocycles. The third-order valence-corrected chi connectivity index (χ3v) is 3.71. The van der Waals surface area contributed by atoms with Crippen LogP contribution in [0, 0.1) is 0 Å². The van der Waals surface area contributed by atoms with Crippen LogP contribution in [0.15, 0.2) is 10.3 Å². The van der Waals surface area contributed by atoms with Gasteiger partial charge in [0.25, 0.3) is 0 Å². The third kappa shape index (κ3) is 2.86. The van der Waals surface area contributed by atoms with Crippen molar-refractivity contribution in [1.82, 2.24) is 29.5 Å². The molecule has 18 heavy (non-hydrogen) atoms. The van der Waals surface area contributed by atoms with E-state index in [4.69, 9.17) is 0 Å². The van der Waals surface area contributed by atoms with Crippen LogP contribution in [0.5, 0.6) is 0 Å². The van der Waals surface area contributed by atoms with E-state index in [1.54, 1.807) is 0 Å². The maximum absolute atomic E-state index is 4.20. The summed E-state index contributed by atoms with van der Waals surface area (Å²) in [4.78, 5) is 0. The van der Waals surface area contributed by atoms with E-state index in [1.165, 1.54) is 0 Å². The Hall–Kier alpha value is -1.02. The topological polar surface area (TPSA) is 61.4 Å². The molecule has 0 amide bonds. The first-order valence-electron chi connectivity index (χ1n) is 5.74. The summed E-state index contributed by atoms with van der Waals surface area (Å²) in [6, 6.07) is 0. The van der Waals surface area contributed by atoms with Crippen molar-refractivity contribution in [2.24, 2.45) is 14.1 Å². The standard InChI is InChI=1S/C10H16N6S2/c1-15-7(11-13-9(15)17)5-3-4-6-8-12-14-10(18)16(8)2/h3-6H2,1-2H3,(H,13,17)(H,14,18). The normalized spacial score (nSPS) is 11.1. The molecule has 98 valence electrons. The van der Waals surface area contributed by atoms with E-state index < -0.39 is 0 Å².